The standard InChI is InChI=1S/C72H126O6/c1-4-7-10-13-16-19-22-25-28-30-31-32-33-34-35-36-37-38-39-40-41-43-44-47-50-53-56-59-62-65-71(74)77-68-69(67-76-70(73)64-61-58-55-52-49-46-27-24-21-18-15-12-9-6-3)78-72(75)66-63-60-57-54-51-48-45-42-29-26-23-20-17-14-11-8-5-2/h8,11,15,17-18,20,24,26-27,29,45,48,54,57,69H,4-7,9-10,12-14,16,19,21-23,25,28,30-44,46-47,49-53,55-56,58-68H2,1-3H3/b11-8-,18-15-,20-17-,27-24-,29-26-,48-45-,57-54-. The van der Waals surface area contributed by atoms with Gasteiger partial charge in [0.15, 0.2) is 6.10 Å². The van der Waals surface area contributed by atoms with Crippen LogP contribution in [0.1, 0.15) is 335 Å². The number of hydrogen-bond donors (Lipinski definition) is 0. The first-order valence-corrected chi connectivity index (χ1v) is 33.6. The van der Waals surface area contributed by atoms with Gasteiger partial charge in [0.25, 0.3) is 0 Å². The van der Waals surface area contributed by atoms with Gasteiger partial charge in [0.05, 0.1) is 0 Å². The molecule has 1 atom stereocenters. The van der Waals surface area contributed by atoms with Crippen LogP contribution < -0.4 is 0 Å². The van der Waals surface area contributed by atoms with E-state index in [1.807, 2.05) is 0 Å². The van der Waals surface area contributed by atoms with Crippen molar-refractivity contribution in [3.8, 4) is 0 Å². The third kappa shape index (κ3) is 63.4. The van der Waals surface area contributed by atoms with Crippen molar-refractivity contribution in [3.05, 3.63) is 85.1 Å². The lowest BCUT2D eigenvalue weighted by molar-refractivity contribution is -0.167. The van der Waals surface area contributed by atoms with Gasteiger partial charge >= 0.3 is 17.9 Å². The second-order valence-corrected chi connectivity index (χ2v) is 22.4. The molecule has 450 valence electrons. The van der Waals surface area contributed by atoms with Crippen LogP contribution in [0.2, 0.25) is 0 Å². The van der Waals surface area contributed by atoms with E-state index in [-0.39, 0.29) is 37.5 Å². The summed E-state index contributed by atoms with van der Waals surface area (Å²) in [5.74, 6) is -0.962. The van der Waals surface area contributed by atoms with Crippen LogP contribution in [0.15, 0.2) is 85.1 Å². The molecule has 0 saturated heterocycles. The van der Waals surface area contributed by atoms with Gasteiger partial charge in [-0.25, -0.2) is 0 Å². The Hall–Kier alpha value is -3.41. The fourth-order valence-electron chi connectivity index (χ4n) is 9.62. The van der Waals surface area contributed by atoms with Gasteiger partial charge in [-0.3, -0.25) is 14.4 Å². The van der Waals surface area contributed by atoms with Crippen molar-refractivity contribution >= 4 is 17.9 Å². The number of rotatable bonds is 61. The zero-order chi connectivity index (χ0) is 56.4. The molecule has 0 heterocycles. The normalized spacial score (nSPS) is 12.6. The maximum Gasteiger partial charge on any atom is 0.306 e. The maximum absolute atomic E-state index is 12.9. The average molecular weight is 1090 g/mol. The van der Waals surface area contributed by atoms with Gasteiger partial charge in [0.1, 0.15) is 13.2 Å². The molecule has 0 aromatic carbocycles. The molecule has 78 heavy (non-hydrogen) atoms. The van der Waals surface area contributed by atoms with Crippen LogP contribution in [0.3, 0.4) is 0 Å². The number of ether oxygens (including phenoxy) is 3. The van der Waals surface area contributed by atoms with Crippen molar-refractivity contribution in [2.75, 3.05) is 13.2 Å². The molecular weight excluding hydrogens is 961 g/mol. The molecule has 0 aliphatic carbocycles. The Morgan fingerprint density at radius 3 is 0.859 bits per heavy atom. The minimum atomic E-state index is -0.812. The predicted molar refractivity (Wildman–Crippen MR) is 339 cm³/mol. The molecule has 0 aromatic rings. The van der Waals surface area contributed by atoms with Gasteiger partial charge in [0.2, 0.25) is 0 Å². The molecule has 0 saturated carbocycles. The Morgan fingerprint density at radius 2 is 0.526 bits per heavy atom. The highest BCUT2D eigenvalue weighted by Crippen LogP contribution is 2.18. The van der Waals surface area contributed by atoms with E-state index >= 15 is 0 Å². The topological polar surface area (TPSA) is 78.9 Å². The van der Waals surface area contributed by atoms with Gasteiger partial charge in [-0.05, 0) is 83.5 Å². The first-order valence-electron chi connectivity index (χ1n) is 33.6. The van der Waals surface area contributed by atoms with Gasteiger partial charge in [-0.15, -0.1) is 0 Å². The van der Waals surface area contributed by atoms with Crippen molar-refractivity contribution in [1.29, 1.82) is 0 Å². The third-order valence-corrected chi connectivity index (χ3v) is 14.6. The molecule has 0 aromatic heterocycles. The molecule has 0 aliphatic rings. The molecule has 0 N–H and O–H groups in total. The summed E-state index contributed by atoms with van der Waals surface area (Å²) in [4.78, 5) is 38.3. The largest absolute Gasteiger partial charge is 0.462 e. The highest BCUT2D eigenvalue weighted by atomic mass is 16.6. The van der Waals surface area contributed by atoms with Crippen LogP contribution in [0.5, 0.6) is 0 Å². The van der Waals surface area contributed by atoms with Crippen molar-refractivity contribution < 1.29 is 28.6 Å². The van der Waals surface area contributed by atoms with Crippen LogP contribution in [0, 0.1) is 0 Å². The Kier molecular flexibility index (Phi) is 63.2. The molecule has 1 unspecified atom stereocenters. The molecule has 0 bridgehead atoms. The number of allylic oxidation sites excluding steroid dienone is 14. The minimum Gasteiger partial charge on any atom is -0.462 e. The third-order valence-electron chi connectivity index (χ3n) is 14.6. The maximum atomic E-state index is 12.9. The molecule has 0 spiro atoms. The van der Waals surface area contributed by atoms with E-state index in [1.165, 1.54) is 186 Å². The summed E-state index contributed by atoms with van der Waals surface area (Å²) in [6, 6.07) is 0. The van der Waals surface area contributed by atoms with Crippen LogP contribution >= 0.6 is 0 Å². The smallest absolute Gasteiger partial charge is 0.306 e. The van der Waals surface area contributed by atoms with Gasteiger partial charge < -0.3 is 14.2 Å². The summed E-state index contributed by atoms with van der Waals surface area (Å²) in [6.07, 6.45) is 87.7. The molecule has 6 heteroatoms. The number of carbonyl (C=O) groups excluding carboxylic acids is 3. The van der Waals surface area contributed by atoms with E-state index < -0.39 is 6.10 Å². The number of esters is 3. The van der Waals surface area contributed by atoms with Gasteiger partial charge in [-0.1, -0.05) is 318 Å². The second kappa shape index (κ2) is 66.1. The second-order valence-electron chi connectivity index (χ2n) is 22.4. The first kappa shape index (κ1) is 74.6. The summed E-state index contributed by atoms with van der Waals surface area (Å²) in [6.45, 7) is 6.47. The van der Waals surface area contributed by atoms with Crippen LogP contribution in [0.25, 0.3) is 0 Å². The summed E-state index contributed by atoms with van der Waals surface area (Å²) >= 11 is 0. The fraction of sp³-hybridized carbons (Fsp3) is 0.764. The van der Waals surface area contributed by atoms with E-state index in [2.05, 4.69) is 106 Å². The molecular formula is C72H126O6. The Bertz CT molecular complexity index is 1480. The fourth-order valence-corrected chi connectivity index (χ4v) is 9.62. The lowest BCUT2D eigenvalue weighted by atomic mass is 10.0. The zero-order valence-electron chi connectivity index (χ0n) is 51.7. The molecule has 0 radical (unpaired) electrons. The van der Waals surface area contributed by atoms with Crippen molar-refractivity contribution in [1.82, 2.24) is 0 Å². The quantitative estimate of drug-likeness (QED) is 0.0261. The molecule has 0 rings (SSSR count). The Morgan fingerprint density at radius 1 is 0.269 bits per heavy atom. The first-order chi connectivity index (χ1) is 38.5. The van der Waals surface area contributed by atoms with Crippen molar-refractivity contribution in [2.24, 2.45) is 0 Å². The van der Waals surface area contributed by atoms with E-state index in [4.69, 9.17) is 14.2 Å². The number of unbranched alkanes of at least 4 members (excludes halogenated alkanes) is 36. The predicted octanol–water partition coefficient (Wildman–Crippen LogP) is 23.1. The van der Waals surface area contributed by atoms with Gasteiger partial charge in [-0.2, -0.15) is 0 Å². The zero-order valence-corrected chi connectivity index (χ0v) is 51.7. The average Bonchev–Trinajstić information content (AvgIpc) is 3.44. The molecule has 0 fully saturated rings. The molecule has 0 amide bonds. The van der Waals surface area contributed by atoms with Crippen LogP contribution in [-0.4, -0.2) is 37.2 Å². The van der Waals surface area contributed by atoms with Gasteiger partial charge in [0, 0.05) is 19.3 Å². The number of carbonyl (C=O) groups is 3. The van der Waals surface area contributed by atoms with Crippen molar-refractivity contribution in [3.63, 3.8) is 0 Å². The summed E-state index contributed by atoms with van der Waals surface area (Å²) < 4.78 is 16.9. The van der Waals surface area contributed by atoms with E-state index in [0.717, 1.165) is 103 Å². The summed E-state index contributed by atoms with van der Waals surface area (Å²) in [5, 5.41) is 0. The Labute approximate surface area is 484 Å². The Balaban J connectivity index is 4.26. The highest BCUT2D eigenvalue weighted by Gasteiger charge is 2.19. The monoisotopic (exact) mass is 1090 g/mol. The van der Waals surface area contributed by atoms with Crippen molar-refractivity contribution in [2.45, 2.75) is 341 Å². The molecule has 6 nitrogen and oxygen atoms in total. The van der Waals surface area contributed by atoms with E-state index in [9.17, 15) is 14.4 Å². The highest BCUT2D eigenvalue weighted by molar-refractivity contribution is 5.71. The van der Waals surface area contributed by atoms with E-state index in [0.29, 0.717) is 19.3 Å². The lowest BCUT2D eigenvalue weighted by Crippen LogP contribution is -2.30. The summed E-state index contributed by atoms with van der Waals surface area (Å²) in [5.41, 5.74) is 0. The SMILES string of the molecule is CC/C=C\C/C=C\C/C=C\C/C=C\C/C=C\CCCC(=O)OC(COC(=O)CCCCCCC/C=C\C/C=C\CCCC)COC(=O)CCCCCCCCCCCCCCCCCCCCCCCCCCCCCCC. The van der Waals surface area contributed by atoms with E-state index in [1.54, 1.807) is 0 Å². The molecule has 0 aliphatic heterocycles. The lowest BCUT2D eigenvalue weighted by Gasteiger charge is -2.18. The summed E-state index contributed by atoms with van der Waals surface area (Å²) in [7, 11) is 0. The number of hydrogen-bond acceptors (Lipinski definition) is 6. The van der Waals surface area contributed by atoms with Crippen LogP contribution in [-0.2, 0) is 28.6 Å². The van der Waals surface area contributed by atoms with Crippen LogP contribution in [0.4, 0.5) is 0 Å². The minimum absolute atomic E-state index is 0.101.